The second-order valence-corrected chi connectivity index (χ2v) is 2.33. The molecule has 0 saturated heterocycles. The SMILES string of the molecule is CCCNN1C=CC=CC1. The van der Waals surface area contributed by atoms with Crippen molar-refractivity contribution in [3.63, 3.8) is 0 Å². The fourth-order valence-electron chi connectivity index (χ4n) is 0.840. The predicted molar refractivity (Wildman–Crippen MR) is 43.3 cm³/mol. The lowest BCUT2D eigenvalue weighted by molar-refractivity contribution is 0.295. The summed E-state index contributed by atoms with van der Waals surface area (Å²) in [4.78, 5) is 0. The molecule has 0 amide bonds. The first-order valence-corrected chi connectivity index (χ1v) is 3.77. The Morgan fingerprint density at radius 2 is 2.40 bits per heavy atom. The van der Waals surface area contributed by atoms with Gasteiger partial charge in [0.05, 0.1) is 6.54 Å². The zero-order valence-electron chi connectivity index (χ0n) is 6.38. The molecular formula is C8H14N2. The van der Waals surface area contributed by atoms with E-state index in [1.54, 1.807) is 0 Å². The van der Waals surface area contributed by atoms with Crippen LogP contribution in [-0.4, -0.2) is 18.1 Å². The fourth-order valence-corrected chi connectivity index (χ4v) is 0.840. The van der Waals surface area contributed by atoms with Gasteiger partial charge in [-0.25, -0.2) is 5.43 Å². The summed E-state index contributed by atoms with van der Waals surface area (Å²) in [5.41, 5.74) is 3.27. The summed E-state index contributed by atoms with van der Waals surface area (Å²) in [7, 11) is 0. The Kier molecular flexibility index (Phi) is 3.03. The average molecular weight is 138 g/mol. The summed E-state index contributed by atoms with van der Waals surface area (Å²) in [5, 5.41) is 2.09. The van der Waals surface area contributed by atoms with Crippen molar-refractivity contribution in [1.29, 1.82) is 0 Å². The molecule has 56 valence electrons. The van der Waals surface area contributed by atoms with E-state index in [4.69, 9.17) is 0 Å². The maximum Gasteiger partial charge on any atom is 0.0521 e. The van der Waals surface area contributed by atoms with Crippen molar-refractivity contribution in [3.8, 4) is 0 Å². The summed E-state index contributed by atoms with van der Waals surface area (Å²) in [6.07, 6.45) is 9.45. The third-order valence-corrected chi connectivity index (χ3v) is 1.38. The van der Waals surface area contributed by atoms with E-state index in [1.807, 2.05) is 6.08 Å². The molecule has 1 aliphatic rings. The molecule has 0 aromatic heterocycles. The molecule has 1 aliphatic heterocycles. The van der Waals surface area contributed by atoms with Crippen LogP contribution < -0.4 is 5.43 Å². The first kappa shape index (κ1) is 7.35. The zero-order chi connectivity index (χ0) is 7.23. The second-order valence-electron chi connectivity index (χ2n) is 2.33. The van der Waals surface area contributed by atoms with Gasteiger partial charge in [-0.1, -0.05) is 19.1 Å². The topological polar surface area (TPSA) is 15.3 Å². The predicted octanol–water partition coefficient (Wildman–Crippen LogP) is 1.29. The Morgan fingerprint density at radius 3 is 3.00 bits per heavy atom. The summed E-state index contributed by atoms with van der Waals surface area (Å²) < 4.78 is 0. The van der Waals surface area contributed by atoms with Crippen molar-refractivity contribution in [2.45, 2.75) is 13.3 Å². The van der Waals surface area contributed by atoms with Gasteiger partial charge >= 0.3 is 0 Å². The number of nitrogens with one attached hydrogen (secondary N) is 1. The van der Waals surface area contributed by atoms with E-state index in [2.05, 4.69) is 35.7 Å². The summed E-state index contributed by atoms with van der Waals surface area (Å²) in [6.45, 7) is 4.20. The fraction of sp³-hybridized carbons (Fsp3) is 0.500. The standard InChI is InChI=1S/C8H14N2/c1-2-6-9-10-7-4-3-5-8-10/h3-5,7,9H,2,6,8H2,1H3. The molecule has 0 unspecified atom stereocenters. The minimum absolute atomic E-state index is 0.983. The van der Waals surface area contributed by atoms with Crippen molar-refractivity contribution in [2.75, 3.05) is 13.1 Å². The molecule has 0 aromatic carbocycles. The van der Waals surface area contributed by atoms with Crippen LogP contribution in [0, 0.1) is 0 Å². The third kappa shape index (κ3) is 2.23. The van der Waals surface area contributed by atoms with Crippen LogP contribution >= 0.6 is 0 Å². The van der Waals surface area contributed by atoms with Gasteiger partial charge in [0.25, 0.3) is 0 Å². The van der Waals surface area contributed by atoms with Crippen LogP contribution in [0.1, 0.15) is 13.3 Å². The van der Waals surface area contributed by atoms with Crippen LogP contribution in [0.25, 0.3) is 0 Å². The minimum Gasteiger partial charge on any atom is -0.312 e. The van der Waals surface area contributed by atoms with Gasteiger partial charge in [0.15, 0.2) is 0 Å². The molecule has 1 rings (SSSR count). The molecule has 0 radical (unpaired) electrons. The van der Waals surface area contributed by atoms with Crippen LogP contribution in [0.4, 0.5) is 0 Å². The molecule has 0 fully saturated rings. The first-order valence-electron chi connectivity index (χ1n) is 3.77. The number of rotatable bonds is 3. The van der Waals surface area contributed by atoms with Gasteiger partial charge in [-0.2, -0.15) is 0 Å². The highest BCUT2D eigenvalue weighted by atomic mass is 15.5. The zero-order valence-corrected chi connectivity index (χ0v) is 6.38. The highest BCUT2D eigenvalue weighted by molar-refractivity contribution is 5.07. The Hall–Kier alpha value is -0.760. The molecule has 2 heteroatoms. The Labute approximate surface area is 62.2 Å². The minimum atomic E-state index is 0.983. The quantitative estimate of drug-likeness (QED) is 0.632. The smallest absolute Gasteiger partial charge is 0.0521 e. The first-order chi connectivity index (χ1) is 4.93. The van der Waals surface area contributed by atoms with Crippen molar-refractivity contribution < 1.29 is 0 Å². The summed E-state index contributed by atoms with van der Waals surface area (Å²) in [5.74, 6) is 0. The van der Waals surface area contributed by atoms with E-state index in [-0.39, 0.29) is 0 Å². The molecular weight excluding hydrogens is 124 g/mol. The molecule has 0 bridgehead atoms. The van der Waals surface area contributed by atoms with Crippen LogP contribution in [0.15, 0.2) is 24.4 Å². The number of hydrogen-bond donors (Lipinski definition) is 1. The van der Waals surface area contributed by atoms with Crippen LogP contribution in [0.5, 0.6) is 0 Å². The third-order valence-electron chi connectivity index (χ3n) is 1.38. The Morgan fingerprint density at radius 1 is 1.50 bits per heavy atom. The Balaban J connectivity index is 2.17. The van der Waals surface area contributed by atoms with Gasteiger partial charge in [-0.15, -0.1) is 0 Å². The summed E-state index contributed by atoms with van der Waals surface area (Å²) in [6, 6.07) is 0. The number of allylic oxidation sites excluding steroid dienone is 2. The van der Waals surface area contributed by atoms with Crippen LogP contribution in [0.3, 0.4) is 0 Å². The van der Waals surface area contributed by atoms with Gasteiger partial charge in [0.2, 0.25) is 0 Å². The van der Waals surface area contributed by atoms with E-state index >= 15 is 0 Å². The highest BCUT2D eigenvalue weighted by Gasteiger charge is 1.94. The summed E-state index contributed by atoms with van der Waals surface area (Å²) >= 11 is 0. The van der Waals surface area contributed by atoms with Crippen molar-refractivity contribution >= 4 is 0 Å². The maximum atomic E-state index is 3.27. The molecule has 0 aliphatic carbocycles. The van der Waals surface area contributed by atoms with Gasteiger partial charge in [0, 0.05) is 12.7 Å². The van der Waals surface area contributed by atoms with Crippen LogP contribution in [0.2, 0.25) is 0 Å². The molecule has 0 saturated carbocycles. The molecule has 0 spiro atoms. The lowest BCUT2D eigenvalue weighted by Crippen LogP contribution is -2.34. The number of nitrogens with zero attached hydrogens (tertiary/aromatic N) is 1. The monoisotopic (exact) mass is 138 g/mol. The maximum absolute atomic E-state index is 3.27. The lowest BCUT2D eigenvalue weighted by atomic mass is 10.4. The number of hydrogen-bond acceptors (Lipinski definition) is 2. The molecule has 0 aromatic rings. The normalized spacial score (nSPS) is 16.3. The van der Waals surface area contributed by atoms with Crippen LogP contribution in [-0.2, 0) is 0 Å². The van der Waals surface area contributed by atoms with E-state index < -0.39 is 0 Å². The van der Waals surface area contributed by atoms with Crippen molar-refractivity contribution in [3.05, 3.63) is 24.4 Å². The van der Waals surface area contributed by atoms with Crippen molar-refractivity contribution in [2.24, 2.45) is 0 Å². The number of hydrazine groups is 1. The van der Waals surface area contributed by atoms with Crippen molar-refractivity contribution in [1.82, 2.24) is 10.4 Å². The van der Waals surface area contributed by atoms with Gasteiger partial charge in [-0.05, 0) is 12.5 Å². The molecule has 1 N–H and O–H groups in total. The Bertz CT molecular complexity index is 138. The second kappa shape index (κ2) is 4.12. The average Bonchev–Trinajstić information content (AvgIpc) is 2.03. The molecule has 10 heavy (non-hydrogen) atoms. The van der Waals surface area contributed by atoms with E-state index in [9.17, 15) is 0 Å². The molecule has 1 heterocycles. The van der Waals surface area contributed by atoms with Gasteiger partial charge < -0.3 is 5.01 Å². The van der Waals surface area contributed by atoms with Gasteiger partial charge in [-0.3, -0.25) is 0 Å². The van der Waals surface area contributed by atoms with E-state index in [1.165, 1.54) is 6.42 Å². The largest absolute Gasteiger partial charge is 0.312 e. The molecule has 2 nitrogen and oxygen atoms in total. The molecule has 0 atom stereocenters. The highest BCUT2D eigenvalue weighted by Crippen LogP contribution is 1.93. The van der Waals surface area contributed by atoms with Gasteiger partial charge in [0.1, 0.15) is 0 Å². The van der Waals surface area contributed by atoms with E-state index in [0.29, 0.717) is 0 Å². The lowest BCUT2D eigenvalue weighted by Gasteiger charge is -2.20. The van der Waals surface area contributed by atoms with E-state index in [0.717, 1.165) is 13.1 Å².